The fourth-order valence-corrected chi connectivity index (χ4v) is 4.25. The van der Waals surface area contributed by atoms with Gasteiger partial charge in [-0.15, -0.1) is 0 Å². The number of rotatable bonds is 9. The molecule has 1 saturated heterocycles. The van der Waals surface area contributed by atoms with Crippen molar-refractivity contribution >= 4 is 11.6 Å². The summed E-state index contributed by atoms with van der Waals surface area (Å²) in [5, 5.41) is 7.25. The van der Waals surface area contributed by atoms with E-state index in [1.54, 1.807) is 0 Å². The Morgan fingerprint density at radius 2 is 1.83 bits per heavy atom. The van der Waals surface area contributed by atoms with Gasteiger partial charge in [-0.05, 0) is 62.5 Å². The van der Waals surface area contributed by atoms with Crippen LogP contribution in [0.5, 0.6) is 0 Å². The van der Waals surface area contributed by atoms with Crippen molar-refractivity contribution in [1.29, 1.82) is 0 Å². The van der Waals surface area contributed by atoms with Crippen LogP contribution in [0.15, 0.2) is 60.7 Å². The molecule has 2 aromatic rings. The SMILES string of the molecule is CCC(=O)N(c1ccccc1)C(CNCCc1ccccc1)C1CCCCNC1. The highest BCUT2D eigenvalue weighted by molar-refractivity contribution is 5.93. The van der Waals surface area contributed by atoms with Crippen LogP contribution >= 0.6 is 0 Å². The minimum Gasteiger partial charge on any atom is -0.316 e. The summed E-state index contributed by atoms with van der Waals surface area (Å²) in [7, 11) is 0. The van der Waals surface area contributed by atoms with Gasteiger partial charge in [0, 0.05) is 18.7 Å². The molecule has 1 amide bonds. The number of nitrogens with zero attached hydrogens (tertiary/aromatic N) is 1. The van der Waals surface area contributed by atoms with Gasteiger partial charge in [-0.3, -0.25) is 4.79 Å². The molecule has 4 heteroatoms. The largest absolute Gasteiger partial charge is 0.316 e. The number of hydrogen-bond donors (Lipinski definition) is 2. The number of amides is 1. The van der Waals surface area contributed by atoms with Crippen LogP contribution < -0.4 is 15.5 Å². The standard InChI is InChI=1S/C25H35N3O/c1-2-25(29)28(23-14-7-4-8-15-23)24(22-13-9-10-17-26-19-22)20-27-18-16-21-11-5-3-6-12-21/h3-8,11-12,14-15,22,24,26-27H,2,9-10,13,16-20H2,1H3. The topological polar surface area (TPSA) is 44.4 Å². The van der Waals surface area contributed by atoms with Crippen molar-refractivity contribution < 1.29 is 4.79 Å². The van der Waals surface area contributed by atoms with E-state index < -0.39 is 0 Å². The van der Waals surface area contributed by atoms with Crippen LogP contribution in [0, 0.1) is 5.92 Å². The zero-order valence-corrected chi connectivity index (χ0v) is 17.6. The maximum absolute atomic E-state index is 13.0. The number of anilines is 1. The van der Waals surface area contributed by atoms with Crippen LogP contribution in [0.4, 0.5) is 5.69 Å². The normalized spacial score (nSPS) is 18.0. The quantitative estimate of drug-likeness (QED) is 0.633. The van der Waals surface area contributed by atoms with Gasteiger partial charge in [0.2, 0.25) is 5.91 Å². The summed E-state index contributed by atoms with van der Waals surface area (Å²) >= 11 is 0. The van der Waals surface area contributed by atoms with Gasteiger partial charge in [-0.25, -0.2) is 0 Å². The number of carbonyl (C=O) groups excluding carboxylic acids is 1. The molecule has 156 valence electrons. The molecule has 0 saturated carbocycles. The van der Waals surface area contributed by atoms with E-state index in [1.807, 2.05) is 25.1 Å². The molecular weight excluding hydrogens is 358 g/mol. The van der Waals surface area contributed by atoms with E-state index in [1.165, 1.54) is 24.8 Å². The van der Waals surface area contributed by atoms with Gasteiger partial charge in [0.25, 0.3) is 0 Å². The van der Waals surface area contributed by atoms with E-state index in [-0.39, 0.29) is 11.9 Å². The molecule has 0 bridgehead atoms. The number of para-hydroxylation sites is 1. The summed E-state index contributed by atoms with van der Waals surface area (Å²) in [4.78, 5) is 15.1. The lowest BCUT2D eigenvalue weighted by molar-refractivity contribution is -0.119. The Labute approximate surface area is 175 Å². The van der Waals surface area contributed by atoms with Crippen LogP contribution in [-0.4, -0.2) is 38.1 Å². The van der Waals surface area contributed by atoms with E-state index in [2.05, 4.69) is 58.0 Å². The van der Waals surface area contributed by atoms with E-state index in [9.17, 15) is 4.79 Å². The van der Waals surface area contributed by atoms with E-state index >= 15 is 0 Å². The molecule has 1 aliphatic heterocycles. The van der Waals surface area contributed by atoms with Crippen molar-refractivity contribution in [3.05, 3.63) is 66.2 Å². The van der Waals surface area contributed by atoms with Gasteiger partial charge in [-0.1, -0.05) is 61.9 Å². The molecule has 2 atom stereocenters. The monoisotopic (exact) mass is 393 g/mol. The third-order valence-electron chi connectivity index (χ3n) is 5.85. The lowest BCUT2D eigenvalue weighted by Gasteiger charge is -2.37. The number of hydrogen-bond acceptors (Lipinski definition) is 3. The first-order chi connectivity index (χ1) is 14.3. The molecule has 1 fully saturated rings. The zero-order chi connectivity index (χ0) is 20.3. The highest BCUT2D eigenvalue weighted by Crippen LogP contribution is 2.26. The van der Waals surface area contributed by atoms with Crippen molar-refractivity contribution in [2.75, 3.05) is 31.1 Å². The fourth-order valence-electron chi connectivity index (χ4n) is 4.25. The first-order valence-corrected chi connectivity index (χ1v) is 11.1. The molecule has 1 aliphatic rings. The molecule has 1 heterocycles. The van der Waals surface area contributed by atoms with E-state index in [4.69, 9.17) is 0 Å². The second kappa shape index (κ2) is 11.7. The summed E-state index contributed by atoms with van der Waals surface area (Å²) in [6.45, 7) is 5.76. The molecule has 0 spiro atoms. The summed E-state index contributed by atoms with van der Waals surface area (Å²) in [5.74, 6) is 0.660. The van der Waals surface area contributed by atoms with Crippen LogP contribution in [0.3, 0.4) is 0 Å². The maximum Gasteiger partial charge on any atom is 0.227 e. The summed E-state index contributed by atoms with van der Waals surface area (Å²) in [5.41, 5.74) is 2.36. The van der Waals surface area contributed by atoms with Crippen LogP contribution in [0.2, 0.25) is 0 Å². The van der Waals surface area contributed by atoms with E-state index in [0.717, 1.165) is 38.3 Å². The first-order valence-electron chi connectivity index (χ1n) is 11.1. The van der Waals surface area contributed by atoms with Crippen LogP contribution in [-0.2, 0) is 11.2 Å². The fraction of sp³-hybridized carbons (Fsp3) is 0.480. The van der Waals surface area contributed by atoms with Crippen LogP contribution in [0.1, 0.15) is 38.2 Å². The second-order valence-electron chi connectivity index (χ2n) is 7.92. The molecule has 2 aromatic carbocycles. The Hall–Kier alpha value is -2.17. The highest BCUT2D eigenvalue weighted by Gasteiger charge is 2.31. The average molecular weight is 394 g/mol. The van der Waals surface area contributed by atoms with Gasteiger partial charge in [0.15, 0.2) is 0 Å². The Morgan fingerprint density at radius 1 is 1.10 bits per heavy atom. The van der Waals surface area contributed by atoms with Crippen molar-refractivity contribution in [2.45, 2.75) is 45.1 Å². The second-order valence-corrected chi connectivity index (χ2v) is 7.92. The minimum absolute atomic E-state index is 0.159. The number of nitrogens with one attached hydrogen (secondary N) is 2. The molecule has 2 N–H and O–H groups in total. The van der Waals surface area contributed by atoms with Gasteiger partial charge < -0.3 is 15.5 Å². The number of benzene rings is 2. The smallest absolute Gasteiger partial charge is 0.227 e. The minimum atomic E-state index is 0.159. The van der Waals surface area contributed by atoms with Gasteiger partial charge in [-0.2, -0.15) is 0 Å². The Morgan fingerprint density at radius 3 is 2.55 bits per heavy atom. The molecule has 3 rings (SSSR count). The third kappa shape index (κ3) is 6.41. The third-order valence-corrected chi connectivity index (χ3v) is 5.85. The summed E-state index contributed by atoms with van der Waals surface area (Å²) in [6.07, 6.45) is 5.14. The predicted octanol–water partition coefficient (Wildman–Crippen LogP) is 4.02. The van der Waals surface area contributed by atoms with Gasteiger partial charge in [0.1, 0.15) is 0 Å². The van der Waals surface area contributed by atoms with E-state index in [0.29, 0.717) is 12.3 Å². The van der Waals surface area contributed by atoms with Crippen LogP contribution in [0.25, 0.3) is 0 Å². The maximum atomic E-state index is 13.0. The van der Waals surface area contributed by atoms with Crippen molar-refractivity contribution in [1.82, 2.24) is 10.6 Å². The molecule has 4 nitrogen and oxygen atoms in total. The lowest BCUT2D eigenvalue weighted by Crippen LogP contribution is -2.52. The van der Waals surface area contributed by atoms with Crippen molar-refractivity contribution in [2.24, 2.45) is 5.92 Å². The Kier molecular flexibility index (Phi) is 8.72. The average Bonchev–Trinajstić information content (AvgIpc) is 3.06. The van der Waals surface area contributed by atoms with Crippen molar-refractivity contribution in [3.63, 3.8) is 0 Å². The zero-order valence-electron chi connectivity index (χ0n) is 17.6. The Balaban J connectivity index is 1.74. The predicted molar refractivity (Wildman–Crippen MR) is 121 cm³/mol. The highest BCUT2D eigenvalue weighted by atomic mass is 16.2. The molecule has 29 heavy (non-hydrogen) atoms. The van der Waals surface area contributed by atoms with Gasteiger partial charge in [0.05, 0.1) is 6.04 Å². The number of carbonyl (C=O) groups is 1. The molecule has 0 radical (unpaired) electrons. The molecular formula is C25H35N3O. The van der Waals surface area contributed by atoms with Crippen molar-refractivity contribution in [3.8, 4) is 0 Å². The van der Waals surface area contributed by atoms with Gasteiger partial charge >= 0.3 is 0 Å². The molecule has 2 unspecified atom stereocenters. The lowest BCUT2D eigenvalue weighted by atomic mass is 9.92. The summed E-state index contributed by atoms with van der Waals surface area (Å²) < 4.78 is 0. The first kappa shape index (κ1) is 21.5. The molecule has 0 aliphatic carbocycles. The Bertz CT molecular complexity index is 711. The molecule has 0 aromatic heterocycles. The summed E-state index contributed by atoms with van der Waals surface area (Å²) in [6, 6.07) is 20.9.